The summed E-state index contributed by atoms with van der Waals surface area (Å²) in [5, 5.41) is 0. The van der Waals surface area contributed by atoms with Crippen LogP contribution >= 0.6 is 23.5 Å². The molecule has 0 bridgehead atoms. The summed E-state index contributed by atoms with van der Waals surface area (Å²) in [5.41, 5.74) is 3.84. The summed E-state index contributed by atoms with van der Waals surface area (Å²) >= 11 is 2.03. The summed E-state index contributed by atoms with van der Waals surface area (Å²) in [6, 6.07) is 5.41. The molecule has 2 aromatic rings. The lowest BCUT2D eigenvalue weighted by atomic mass is 10.0. The summed E-state index contributed by atoms with van der Waals surface area (Å²) in [5.74, 6) is 0. The van der Waals surface area contributed by atoms with Crippen LogP contribution in [0.3, 0.4) is 0 Å². The van der Waals surface area contributed by atoms with E-state index in [0.717, 1.165) is 29.7 Å². The highest BCUT2D eigenvalue weighted by Crippen LogP contribution is 2.46. The number of alkyl halides is 6. The van der Waals surface area contributed by atoms with E-state index in [1.165, 1.54) is 24.3 Å². The van der Waals surface area contributed by atoms with Gasteiger partial charge in [0.05, 0.1) is 5.56 Å². The molecule has 0 radical (unpaired) electrons. The van der Waals surface area contributed by atoms with Gasteiger partial charge in [0.2, 0.25) is 0 Å². The highest BCUT2D eigenvalue weighted by atomic mass is 32.2. The van der Waals surface area contributed by atoms with Gasteiger partial charge in [-0.1, -0.05) is 40.7 Å². The van der Waals surface area contributed by atoms with E-state index in [1.54, 1.807) is 34.6 Å². The summed E-state index contributed by atoms with van der Waals surface area (Å²) in [7, 11) is 0. The van der Waals surface area contributed by atoms with Gasteiger partial charge in [0.1, 0.15) is 0 Å². The third-order valence-electron chi connectivity index (χ3n) is 3.95. The van der Waals surface area contributed by atoms with E-state index in [2.05, 4.69) is 4.98 Å². The monoisotopic (exact) mass is 482 g/mol. The van der Waals surface area contributed by atoms with Gasteiger partial charge < -0.3 is 5.73 Å². The first-order valence-corrected chi connectivity index (χ1v) is 10.9. The number of hydrogen-bond acceptors (Lipinski definition) is 4. The number of halogens is 6. The average molecular weight is 483 g/mol. The van der Waals surface area contributed by atoms with Crippen molar-refractivity contribution in [1.29, 1.82) is 0 Å². The molecule has 1 aromatic heterocycles. The molecule has 2 nitrogen and oxygen atoms in total. The number of nitrogens with two attached hydrogens (primary N) is 1. The molecule has 0 amide bonds. The van der Waals surface area contributed by atoms with Gasteiger partial charge in [0.15, 0.2) is 5.69 Å². The smallest absolute Gasteiger partial charge is 0.398 e. The molecule has 1 heterocycles. The van der Waals surface area contributed by atoms with Crippen molar-refractivity contribution < 1.29 is 26.3 Å². The minimum absolute atomic E-state index is 0.00163. The zero-order valence-electron chi connectivity index (χ0n) is 17.7. The van der Waals surface area contributed by atoms with E-state index in [4.69, 9.17) is 5.73 Å². The molecule has 0 unspecified atom stereocenters. The SMILES string of the molecule is CC(C)(C)Sc1cc(CC(C)(C)Sc2cccc(N)c2C(F)(F)F)cnc1C(F)(F)F. The fraction of sp³-hybridized carbons (Fsp3) is 0.476. The Kier molecular flexibility index (Phi) is 7.27. The highest BCUT2D eigenvalue weighted by molar-refractivity contribution is 8.01. The third-order valence-corrected chi connectivity index (χ3v) is 6.35. The van der Waals surface area contributed by atoms with Gasteiger partial charge >= 0.3 is 12.4 Å². The summed E-state index contributed by atoms with van der Waals surface area (Å²) in [6.07, 6.45) is -7.86. The topological polar surface area (TPSA) is 38.9 Å². The van der Waals surface area contributed by atoms with E-state index in [1.807, 2.05) is 0 Å². The summed E-state index contributed by atoms with van der Waals surface area (Å²) < 4.78 is 79.3. The standard InChI is InChI=1S/C21H24F6N2S2/c1-18(2,3)30-15-9-12(11-29-17(15)21(25,26)27)10-19(4,5)31-14-8-6-7-13(28)16(14)20(22,23)24/h6-9,11H,10,28H2,1-5H3. The molecule has 0 fully saturated rings. The maximum atomic E-state index is 13.5. The van der Waals surface area contributed by atoms with Crippen LogP contribution in [0.15, 0.2) is 40.3 Å². The highest BCUT2D eigenvalue weighted by Gasteiger charge is 2.39. The van der Waals surface area contributed by atoms with E-state index >= 15 is 0 Å². The number of anilines is 1. The Morgan fingerprint density at radius 2 is 1.48 bits per heavy atom. The van der Waals surface area contributed by atoms with Crippen LogP contribution in [-0.4, -0.2) is 14.5 Å². The molecule has 0 spiro atoms. The predicted octanol–water partition coefficient (Wildman–Crippen LogP) is 7.71. The normalized spacial score (nSPS) is 13.5. The number of nitrogens with zero attached hydrogens (tertiary/aromatic N) is 1. The molecule has 0 saturated heterocycles. The maximum Gasteiger partial charge on any atom is 0.434 e. The van der Waals surface area contributed by atoms with Crippen molar-refractivity contribution in [2.45, 2.75) is 72.7 Å². The summed E-state index contributed by atoms with van der Waals surface area (Å²) in [4.78, 5) is 3.61. The van der Waals surface area contributed by atoms with Crippen LogP contribution in [0.4, 0.5) is 32.0 Å². The first kappa shape index (κ1) is 25.7. The summed E-state index contributed by atoms with van der Waals surface area (Å²) in [6.45, 7) is 8.85. The van der Waals surface area contributed by atoms with E-state index < -0.39 is 33.1 Å². The first-order chi connectivity index (χ1) is 13.9. The van der Waals surface area contributed by atoms with Gasteiger partial charge in [-0.2, -0.15) is 26.3 Å². The Hall–Kier alpha value is -1.55. The second kappa shape index (κ2) is 8.77. The molecule has 1 aromatic carbocycles. The van der Waals surface area contributed by atoms with Crippen molar-refractivity contribution in [2.24, 2.45) is 0 Å². The van der Waals surface area contributed by atoms with Crippen molar-refractivity contribution in [3.8, 4) is 0 Å². The number of rotatable bonds is 5. The van der Waals surface area contributed by atoms with Crippen LogP contribution in [-0.2, 0) is 18.8 Å². The van der Waals surface area contributed by atoms with Crippen LogP contribution in [0.1, 0.15) is 51.4 Å². The first-order valence-electron chi connectivity index (χ1n) is 9.29. The van der Waals surface area contributed by atoms with Crippen LogP contribution in [0, 0.1) is 0 Å². The number of aromatic nitrogens is 1. The van der Waals surface area contributed by atoms with Gasteiger partial charge in [-0.15, -0.1) is 23.5 Å². The molecule has 0 aliphatic heterocycles. The molecule has 0 aliphatic rings. The minimum Gasteiger partial charge on any atom is -0.398 e. The van der Waals surface area contributed by atoms with Gasteiger partial charge in [-0.25, -0.2) is 0 Å². The molecule has 2 N–H and O–H groups in total. The Morgan fingerprint density at radius 1 is 0.871 bits per heavy atom. The molecule has 2 rings (SSSR count). The fourth-order valence-corrected chi connectivity index (χ4v) is 5.42. The molecular formula is C21H24F6N2S2. The number of pyridine rings is 1. The van der Waals surface area contributed by atoms with Gasteiger partial charge in [-0.05, 0) is 30.2 Å². The zero-order chi connectivity index (χ0) is 23.8. The minimum atomic E-state index is -4.61. The van der Waals surface area contributed by atoms with Crippen LogP contribution in [0.5, 0.6) is 0 Å². The van der Waals surface area contributed by atoms with Crippen LogP contribution in [0.2, 0.25) is 0 Å². The lowest BCUT2D eigenvalue weighted by Gasteiger charge is -2.27. The Morgan fingerprint density at radius 3 is 2.00 bits per heavy atom. The maximum absolute atomic E-state index is 13.5. The van der Waals surface area contributed by atoms with Crippen LogP contribution < -0.4 is 5.73 Å². The second-order valence-corrected chi connectivity index (χ2v) is 12.3. The predicted molar refractivity (Wildman–Crippen MR) is 114 cm³/mol. The Balaban J connectivity index is 2.38. The largest absolute Gasteiger partial charge is 0.434 e. The third kappa shape index (κ3) is 7.24. The second-order valence-electron chi connectivity index (χ2n) is 8.66. The van der Waals surface area contributed by atoms with Crippen molar-refractivity contribution in [3.05, 3.63) is 47.3 Å². The zero-order valence-corrected chi connectivity index (χ0v) is 19.3. The van der Waals surface area contributed by atoms with E-state index in [0.29, 0.717) is 5.56 Å². The number of benzene rings is 1. The average Bonchev–Trinajstić information content (AvgIpc) is 2.49. The number of nitrogen functional groups attached to an aromatic ring is 1. The Labute approximate surface area is 186 Å². The van der Waals surface area contributed by atoms with E-state index in [9.17, 15) is 26.3 Å². The molecule has 31 heavy (non-hydrogen) atoms. The number of hydrogen-bond donors (Lipinski definition) is 1. The lowest BCUT2D eigenvalue weighted by molar-refractivity contribution is -0.143. The molecule has 172 valence electrons. The van der Waals surface area contributed by atoms with Crippen molar-refractivity contribution in [2.75, 3.05) is 5.73 Å². The molecule has 0 saturated carbocycles. The molecular weight excluding hydrogens is 458 g/mol. The molecule has 10 heteroatoms. The van der Waals surface area contributed by atoms with Crippen molar-refractivity contribution in [1.82, 2.24) is 4.98 Å². The van der Waals surface area contributed by atoms with Crippen LogP contribution in [0.25, 0.3) is 0 Å². The Bertz CT molecular complexity index is 931. The van der Waals surface area contributed by atoms with Crippen molar-refractivity contribution >= 4 is 29.2 Å². The lowest BCUT2D eigenvalue weighted by Crippen LogP contribution is -2.21. The van der Waals surface area contributed by atoms with Gasteiger partial charge in [-0.3, -0.25) is 4.98 Å². The molecule has 0 aliphatic carbocycles. The van der Waals surface area contributed by atoms with Crippen molar-refractivity contribution in [3.63, 3.8) is 0 Å². The van der Waals surface area contributed by atoms with Gasteiger partial charge in [0, 0.05) is 31.2 Å². The van der Waals surface area contributed by atoms with E-state index in [-0.39, 0.29) is 21.9 Å². The molecule has 0 atom stereocenters. The number of thioether (sulfide) groups is 2. The van der Waals surface area contributed by atoms with Gasteiger partial charge in [0.25, 0.3) is 0 Å². The fourth-order valence-electron chi connectivity index (χ4n) is 2.96. The quantitative estimate of drug-likeness (QED) is 0.269.